The van der Waals surface area contributed by atoms with Gasteiger partial charge in [-0.1, -0.05) is 6.92 Å². The molecule has 8 nitrogen and oxygen atoms in total. The normalized spacial score (nSPS) is 12.5. The monoisotopic (exact) mass is 316 g/mol. The summed E-state index contributed by atoms with van der Waals surface area (Å²) in [4.78, 5) is 22.5. The van der Waals surface area contributed by atoms with Crippen molar-refractivity contribution < 1.29 is 27.9 Å². The number of hydrogen-bond donors (Lipinski definition) is 3. The van der Waals surface area contributed by atoms with E-state index in [0.717, 1.165) is 6.07 Å². The molecule has 1 atom stereocenters. The second kappa shape index (κ2) is 6.55. The fourth-order valence-electron chi connectivity index (χ4n) is 1.47. The Labute approximate surface area is 122 Å². The minimum Gasteiger partial charge on any atom is -0.496 e. The average molecular weight is 316 g/mol. The predicted octanol–water partition coefficient (Wildman–Crippen LogP) is -0.207. The summed E-state index contributed by atoms with van der Waals surface area (Å²) in [6, 6.07) is 3.59. The summed E-state index contributed by atoms with van der Waals surface area (Å²) in [5, 5.41) is 16.1. The van der Waals surface area contributed by atoms with Gasteiger partial charge in [-0.05, 0) is 18.2 Å². The van der Waals surface area contributed by atoms with Crippen molar-refractivity contribution in [2.45, 2.75) is 11.8 Å². The van der Waals surface area contributed by atoms with Gasteiger partial charge in [0, 0.05) is 6.54 Å². The molecule has 0 aliphatic carbocycles. The van der Waals surface area contributed by atoms with Crippen LogP contribution < -0.4 is 15.2 Å². The van der Waals surface area contributed by atoms with Crippen molar-refractivity contribution in [2.24, 2.45) is 11.1 Å². The van der Waals surface area contributed by atoms with Gasteiger partial charge in [-0.2, -0.15) is 0 Å². The topological polar surface area (TPSA) is 136 Å². The van der Waals surface area contributed by atoms with E-state index in [4.69, 9.17) is 15.0 Å². The molecular weight excluding hydrogens is 300 g/mol. The van der Waals surface area contributed by atoms with Gasteiger partial charge in [0.15, 0.2) is 0 Å². The highest BCUT2D eigenvalue weighted by molar-refractivity contribution is 7.89. The maximum absolute atomic E-state index is 12.0. The molecule has 0 aromatic heterocycles. The Hall–Kier alpha value is -2.13. The van der Waals surface area contributed by atoms with Crippen LogP contribution in [0.4, 0.5) is 0 Å². The van der Waals surface area contributed by atoms with Crippen LogP contribution in [0.25, 0.3) is 0 Å². The van der Waals surface area contributed by atoms with Crippen molar-refractivity contribution in [3.05, 3.63) is 23.8 Å². The lowest BCUT2D eigenvalue weighted by atomic mass is 10.1. The van der Waals surface area contributed by atoms with E-state index < -0.39 is 27.8 Å². The van der Waals surface area contributed by atoms with Gasteiger partial charge in [-0.15, -0.1) is 0 Å². The summed E-state index contributed by atoms with van der Waals surface area (Å²) < 4.78 is 27.6. The molecule has 116 valence electrons. The third-order valence-corrected chi connectivity index (χ3v) is 3.65. The fourth-order valence-corrected chi connectivity index (χ4v) is 2.01. The maximum Gasteiger partial charge on any atom is 0.308 e. The molecule has 0 bridgehead atoms. The zero-order chi connectivity index (χ0) is 16.2. The number of carbonyl (C=O) groups is 2. The van der Waals surface area contributed by atoms with Crippen LogP contribution in [-0.4, -0.2) is 39.1 Å². The van der Waals surface area contributed by atoms with Crippen molar-refractivity contribution in [3.63, 3.8) is 0 Å². The number of methoxy groups -OCH3 is 1. The summed E-state index contributed by atoms with van der Waals surface area (Å²) in [5.41, 5.74) is -0.0402. The fraction of sp³-hybridized carbons (Fsp3) is 0.333. The van der Waals surface area contributed by atoms with Gasteiger partial charge in [0.1, 0.15) is 5.75 Å². The van der Waals surface area contributed by atoms with E-state index in [-0.39, 0.29) is 22.8 Å². The van der Waals surface area contributed by atoms with Crippen molar-refractivity contribution in [1.82, 2.24) is 5.32 Å². The number of carbonyl (C=O) groups excluding carboxylic acids is 1. The van der Waals surface area contributed by atoms with Gasteiger partial charge >= 0.3 is 5.97 Å². The number of ether oxygens (including phenoxy) is 1. The number of carboxylic acid groups (broad SMARTS) is 1. The molecule has 1 rings (SSSR count). The van der Waals surface area contributed by atoms with Crippen LogP contribution in [0.2, 0.25) is 0 Å². The Morgan fingerprint density at radius 1 is 1.43 bits per heavy atom. The van der Waals surface area contributed by atoms with E-state index in [1.54, 1.807) is 0 Å². The van der Waals surface area contributed by atoms with Crippen LogP contribution in [0, 0.1) is 5.92 Å². The predicted molar refractivity (Wildman–Crippen MR) is 73.5 cm³/mol. The van der Waals surface area contributed by atoms with Crippen LogP contribution in [-0.2, 0) is 14.8 Å². The molecule has 0 fully saturated rings. The zero-order valence-corrected chi connectivity index (χ0v) is 12.3. The minimum absolute atomic E-state index is 0.0402. The van der Waals surface area contributed by atoms with Gasteiger partial charge in [0.05, 0.1) is 23.5 Å². The highest BCUT2D eigenvalue weighted by atomic mass is 32.2. The summed E-state index contributed by atoms with van der Waals surface area (Å²) in [7, 11) is -2.64. The molecule has 4 N–H and O–H groups in total. The molecule has 0 heterocycles. The number of carboxylic acids is 1. The Morgan fingerprint density at radius 2 is 2.05 bits per heavy atom. The molecule has 1 aromatic rings. The van der Waals surface area contributed by atoms with Crippen molar-refractivity contribution in [3.8, 4) is 5.75 Å². The van der Waals surface area contributed by atoms with Crippen LogP contribution in [0.3, 0.4) is 0 Å². The number of rotatable bonds is 6. The first kappa shape index (κ1) is 16.9. The Bertz CT molecular complexity index is 656. The summed E-state index contributed by atoms with van der Waals surface area (Å²) >= 11 is 0. The molecule has 0 aliphatic heterocycles. The first-order chi connectivity index (χ1) is 9.66. The summed E-state index contributed by atoms with van der Waals surface area (Å²) in [5.74, 6) is -2.32. The second-order valence-electron chi connectivity index (χ2n) is 4.36. The molecule has 21 heavy (non-hydrogen) atoms. The van der Waals surface area contributed by atoms with Crippen LogP contribution in [0.1, 0.15) is 17.3 Å². The standard InChI is InChI=1S/C12H16N2O6S/c1-7(12(16)17)6-14-11(15)9-5-8(21(13,18)19)3-4-10(9)20-2/h3-5,7H,6H2,1-2H3,(H,14,15)(H,16,17)(H2,13,18,19). The molecular formula is C12H16N2O6S. The van der Waals surface area contributed by atoms with Gasteiger partial charge in [-0.3, -0.25) is 9.59 Å². The number of nitrogens with one attached hydrogen (secondary N) is 1. The van der Waals surface area contributed by atoms with Gasteiger partial charge in [0.25, 0.3) is 5.91 Å². The van der Waals surface area contributed by atoms with E-state index in [0.29, 0.717) is 0 Å². The van der Waals surface area contributed by atoms with Crippen molar-refractivity contribution in [2.75, 3.05) is 13.7 Å². The number of benzene rings is 1. The maximum atomic E-state index is 12.0. The van der Waals surface area contributed by atoms with E-state index in [1.807, 2.05) is 0 Å². The number of sulfonamides is 1. The molecule has 0 radical (unpaired) electrons. The second-order valence-corrected chi connectivity index (χ2v) is 5.92. The lowest BCUT2D eigenvalue weighted by Gasteiger charge is -2.12. The third kappa shape index (κ3) is 4.43. The SMILES string of the molecule is COc1ccc(S(N)(=O)=O)cc1C(=O)NCC(C)C(=O)O. The van der Waals surface area contributed by atoms with Crippen molar-refractivity contribution in [1.29, 1.82) is 0 Å². The number of amides is 1. The van der Waals surface area contributed by atoms with Gasteiger partial charge < -0.3 is 15.2 Å². The molecule has 0 aliphatic rings. The summed E-state index contributed by atoms with van der Waals surface area (Å²) in [6.07, 6.45) is 0. The molecule has 0 saturated carbocycles. The van der Waals surface area contributed by atoms with Crippen LogP contribution >= 0.6 is 0 Å². The highest BCUT2D eigenvalue weighted by Gasteiger charge is 2.19. The number of aliphatic carboxylic acids is 1. The van der Waals surface area contributed by atoms with Crippen molar-refractivity contribution >= 4 is 21.9 Å². The lowest BCUT2D eigenvalue weighted by Crippen LogP contribution is -2.31. The van der Waals surface area contributed by atoms with Gasteiger partial charge in [-0.25, -0.2) is 13.6 Å². The van der Waals surface area contributed by atoms with Crippen LogP contribution in [0.5, 0.6) is 5.75 Å². The number of hydrogen-bond acceptors (Lipinski definition) is 5. The third-order valence-electron chi connectivity index (χ3n) is 2.73. The number of primary sulfonamides is 1. The Balaban J connectivity index is 3.04. The zero-order valence-electron chi connectivity index (χ0n) is 11.5. The average Bonchev–Trinajstić information content (AvgIpc) is 2.42. The van der Waals surface area contributed by atoms with Gasteiger partial charge in [0.2, 0.25) is 10.0 Å². The largest absolute Gasteiger partial charge is 0.496 e. The first-order valence-corrected chi connectivity index (χ1v) is 7.43. The molecule has 1 amide bonds. The minimum atomic E-state index is -3.96. The smallest absolute Gasteiger partial charge is 0.308 e. The Kier molecular flexibility index (Phi) is 5.28. The van der Waals surface area contributed by atoms with E-state index in [2.05, 4.69) is 5.32 Å². The van der Waals surface area contributed by atoms with E-state index in [9.17, 15) is 18.0 Å². The first-order valence-electron chi connectivity index (χ1n) is 5.88. The number of nitrogens with two attached hydrogens (primary N) is 1. The lowest BCUT2D eigenvalue weighted by molar-refractivity contribution is -0.140. The molecule has 0 spiro atoms. The van der Waals surface area contributed by atoms with E-state index >= 15 is 0 Å². The summed E-state index contributed by atoms with van der Waals surface area (Å²) in [6.45, 7) is 1.33. The van der Waals surface area contributed by atoms with Crippen LogP contribution in [0.15, 0.2) is 23.1 Å². The Morgan fingerprint density at radius 3 is 2.52 bits per heavy atom. The molecule has 0 saturated heterocycles. The molecule has 9 heteroatoms. The molecule has 1 aromatic carbocycles. The quantitative estimate of drug-likeness (QED) is 0.664. The van der Waals surface area contributed by atoms with E-state index in [1.165, 1.54) is 26.2 Å². The highest BCUT2D eigenvalue weighted by Crippen LogP contribution is 2.21. The molecule has 1 unspecified atom stereocenters.